The number of methoxy groups -OCH3 is 1. The van der Waals surface area contributed by atoms with Gasteiger partial charge in [-0.25, -0.2) is 13.2 Å². The molecule has 2 rings (SSSR count). The van der Waals surface area contributed by atoms with Gasteiger partial charge in [0.2, 0.25) is 9.84 Å². The van der Waals surface area contributed by atoms with E-state index in [1.807, 2.05) is 0 Å². The number of hydrogen-bond donors (Lipinski definition) is 0. The van der Waals surface area contributed by atoms with Gasteiger partial charge in [-0.05, 0) is 23.8 Å². The number of esters is 1. The van der Waals surface area contributed by atoms with Crippen molar-refractivity contribution >= 4 is 27.6 Å². The molecule has 0 fully saturated rings. The summed E-state index contributed by atoms with van der Waals surface area (Å²) in [5, 5.41) is 10.7. The summed E-state index contributed by atoms with van der Waals surface area (Å²) >= 11 is 0. The van der Waals surface area contributed by atoms with Gasteiger partial charge in [0, 0.05) is 12.1 Å². The normalized spacial score (nSPS) is 11.8. The Balaban J connectivity index is 2.54. The first-order valence-corrected chi connectivity index (χ1v) is 8.19. The van der Waals surface area contributed by atoms with Gasteiger partial charge in [0.1, 0.15) is 0 Å². The lowest BCUT2D eigenvalue weighted by atomic mass is 10.2. The Morgan fingerprint density at radius 3 is 2.17 bits per heavy atom. The monoisotopic (exact) mass is 347 g/mol. The molecule has 0 N–H and O–H groups in total. The third kappa shape index (κ3) is 3.66. The molecule has 0 amide bonds. The van der Waals surface area contributed by atoms with Crippen LogP contribution in [0.25, 0.3) is 6.08 Å². The smallest absolute Gasteiger partial charge is 0.349 e. The van der Waals surface area contributed by atoms with Crippen molar-refractivity contribution in [1.29, 1.82) is 0 Å². The van der Waals surface area contributed by atoms with Crippen LogP contribution in [0.3, 0.4) is 0 Å². The molecule has 7 nitrogen and oxygen atoms in total. The van der Waals surface area contributed by atoms with Gasteiger partial charge in [-0.2, -0.15) is 0 Å². The van der Waals surface area contributed by atoms with Crippen molar-refractivity contribution in [2.24, 2.45) is 0 Å². The molecule has 0 saturated heterocycles. The lowest BCUT2D eigenvalue weighted by molar-refractivity contribution is -0.384. The molecule has 2 aromatic rings. The summed E-state index contributed by atoms with van der Waals surface area (Å²) in [6, 6.07) is 12.7. The van der Waals surface area contributed by atoms with Crippen LogP contribution in [0.2, 0.25) is 0 Å². The van der Waals surface area contributed by atoms with E-state index in [2.05, 4.69) is 4.74 Å². The Morgan fingerprint density at radius 2 is 1.67 bits per heavy atom. The van der Waals surface area contributed by atoms with Crippen molar-refractivity contribution in [2.75, 3.05) is 7.11 Å². The maximum atomic E-state index is 12.7. The summed E-state index contributed by atoms with van der Waals surface area (Å²) in [4.78, 5) is 21.2. The Bertz CT molecular complexity index is 886. The number of carbonyl (C=O) groups excluding carboxylic acids is 1. The number of ether oxygens (including phenoxy) is 1. The zero-order valence-electron chi connectivity index (χ0n) is 12.6. The van der Waals surface area contributed by atoms with E-state index in [1.54, 1.807) is 30.3 Å². The Kier molecular flexibility index (Phi) is 5.10. The second-order valence-electron chi connectivity index (χ2n) is 4.67. The number of nitro benzene ring substituents is 1. The number of sulfone groups is 1. The minimum Gasteiger partial charge on any atom is -0.465 e. The lowest BCUT2D eigenvalue weighted by Gasteiger charge is -2.08. The average molecular weight is 347 g/mol. The first-order chi connectivity index (χ1) is 11.4. The molecule has 0 heterocycles. The molecule has 8 heteroatoms. The van der Waals surface area contributed by atoms with Gasteiger partial charge in [-0.15, -0.1) is 0 Å². The molecule has 24 heavy (non-hydrogen) atoms. The zero-order chi connectivity index (χ0) is 17.7. The van der Waals surface area contributed by atoms with E-state index in [1.165, 1.54) is 6.08 Å². The molecule has 0 bridgehead atoms. The lowest BCUT2D eigenvalue weighted by Crippen LogP contribution is -2.15. The highest BCUT2D eigenvalue weighted by Gasteiger charge is 2.28. The van der Waals surface area contributed by atoms with Gasteiger partial charge in [0.25, 0.3) is 5.69 Å². The van der Waals surface area contributed by atoms with E-state index < -0.39 is 25.6 Å². The minimum atomic E-state index is -4.19. The van der Waals surface area contributed by atoms with E-state index in [0.29, 0.717) is 5.56 Å². The van der Waals surface area contributed by atoms with Gasteiger partial charge in [0.15, 0.2) is 4.91 Å². The van der Waals surface area contributed by atoms with Crippen molar-refractivity contribution < 1.29 is 22.9 Å². The number of rotatable bonds is 5. The summed E-state index contributed by atoms with van der Waals surface area (Å²) in [5.41, 5.74) is 0.254. The van der Waals surface area contributed by atoms with Crippen LogP contribution in [0.1, 0.15) is 5.56 Å². The first-order valence-electron chi connectivity index (χ1n) is 6.71. The SMILES string of the molecule is COC(=O)/C(=C\c1ccccc1)S(=O)(=O)c1ccc([N+](=O)[O-])cc1. The fourth-order valence-electron chi connectivity index (χ4n) is 1.92. The van der Waals surface area contributed by atoms with E-state index in [9.17, 15) is 23.3 Å². The largest absolute Gasteiger partial charge is 0.465 e. The molecule has 124 valence electrons. The van der Waals surface area contributed by atoms with Crippen LogP contribution >= 0.6 is 0 Å². The Hall–Kier alpha value is -3.00. The van der Waals surface area contributed by atoms with Crippen molar-refractivity contribution in [3.05, 3.63) is 75.2 Å². The number of nitro groups is 1. The van der Waals surface area contributed by atoms with Gasteiger partial charge in [-0.3, -0.25) is 10.1 Å². The van der Waals surface area contributed by atoms with Crippen LogP contribution < -0.4 is 0 Å². The Morgan fingerprint density at radius 1 is 1.08 bits per heavy atom. The molecule has 0 aliphatic carbocycles. The fourth-order valence-corrected chi connectivity index (χ4v) is 3.26. The Labute approximate surface area is 138 Å². The second-order valence-corrected chi connectivity index (χ2v) is 6.58. The van der Waals surface area contributed by atoms with Crippen LogP contribution in [0.15, 0.2) is 64.4 Å². The number of non-ortho nitro benzene ring substituents is 1. The molecular weight excluding hydrogens is 334 g/mol. The summed E-state index contributed by atoms with van der Waals surface area (Å²) in [5.74, 6) is -1.02. The van der Waals surface area contributed by atoms with E-state index in [0.717, 1.165) is 31.4 Å². The van der Waals surface area contributed by atoms with E-state index in [4.69, 9.17) is 0 Å². The van der Waals surface area contributed by atoms with Crippen LogP contribution in [-0.4, -0.2) is 26.4 Å². The van der Waals surface area contributed by atoms with Crippen molar-refractivity contribution in [3.63, 3.8) is 0 Å². The highest BCUT2D eigenvalue weighted by molar-refractivity contribution is 7.96. The maximum Gasteiger partial charge on any atom is 0.349 e. The molecule has 0 saturated carbocycles. The van der Waals surface area contributed by atoms with Crippen LogP contribution in [0, 0.1) is 10.1 Å². The van der Waals surface area contributed by atoms with Gasteiger partial charge in [0.05, 0.1) is 16.9 Å². The zero-order valence-corrected chi connectivity index (χ0v) is 13.4. The highest BCUT2D eigenvalue weighted by atomic mass is 32.2. The van der Waals surface area contributed by atoms with Crippen molar-refractivity contribution in [2.45, 2.75) is 4.90 Å². The van der Waals surface area contributed by atoms with Crippen molar-refractivity contribution in [1.82, 2.24) is 0 Å². The quantitative estimate of drug-likeness (QED) is 0.356. The van der Waals surface area contributed by atoms with Gasteiger partial charge < -0.3 is 4.74 Å². The molecule has 0 aliphatic heterocycles. The number of carbonyl (C=O) groups is 1. The average Bonchev–Trinajstić information content (AvgIpc) is 2.59. The number of hydrogen-bond acceptors (Lipinski definition) is 6. The van der Waals surface area contributed by atoms with Gasteiger partial charge >= 0.3 is 5.97 Å². The third-order valence-electron chi connectivity index (χ3n) is 3.13. The molecular formula is C16H13NO6S. The number of nitrogens with zero attached hydrogens (tertiary/aromatic N) is 1. The molecule has 0 aromatic heterocycles. The van der Waals surface area contributed by atoms with Crippen LogP contribution in [0.4, 0.5) is 5.69 Å². The molecule has 0 atom stereocenters. The van der Waals surface area contributed by atoms with Crippen LogP contribution in [0.5, 0.6) is 0 Å². The predicted octanol–water partition coefficient (Wildman–Crippen LogP) is 2.58. The number of benzene rings is 2. The fraction of sp³-hybridized carbons (Fsp3) is 0.0625. The molecule has 0 spiro atoms. The molecule has 2 aromatic carbocycles. The maximum absolute atomic E-state index is 12.7. The summed E-state index contributed by atoms with van der Waals surface area (Å²) in [6.07, 6.45) is 1.20. The summed E-state index contributed by atoms with van der Waals surface area (Å²) in [6.45, 7) is 0. The first kappa shape index (κ1) is 17.4. The van der Waals surface area contributed by atoms with Gasteiger partial charge in [-0.1, -0.05) is 30.3 Å². The van der Waals surface area contributed by atoms with E-state index >= 15 is 0 Å². The molecule has 0 radical (unpaired) electrons. The highest BCUT2D eigenvalue weighted by Crippen LogP contribution is 2.24. The summed E-state index contributed by atoms with van der Waals surface area (Å²) < 4.78 is 29.9. The second kappa shape index (κ2) is 7.05. The van der Waals surface area contributed by atoms with Crippen molar-refractivity contribution in [3.8, 4) is 0 Å². The minimum absolute atomic E-state index is 0.235. The topological polar surface area (TPSA) is 104 Å². The molecule has 0 unspecified atom stereocenters. The summed E-state index contributed by atoms with van der Waals surface area (Å²) in [7, 11) is -3.11. The molecule has 0 aliphatic rings. The third-order valence-corrected chi connectivity index (χ3v) is 4.89. The van der Waals surface area contributed by atoms with E-state index in [-0.39, 0.29) is 10.6 Å². The standard InChI is InChI=1S/C16H13NO6S/c1-23-16(18)15(11-12-5-3-2-4-6-12)24(21,22)14-9-7-13(8-10-14)17(19)20/h2-11H,1H3/b15-11+. The van der Waals surface area contributed by atoms with Crippen LogP contribution in [-0.2, 0) is 19.4 Å². The predicted molar refractivity (Wildman–Crippen MR) is 86.7 cm³/mol.